The van der Waals surface area contributed by atoms with Crippen molar-refractivity contribution in [1.82, 2.24) is 5.32 Å². The van der Waals surface area contributed by atoms with Crippen molar-refractivity contribution in [2.45, 2.75) is 32.7 Å². The molecule has 1 unspecified atom stereocenters. The molecule has 0 aromatic carbocycles. The molecule has 3 nitrogen and oxygen atoms in total. The molecular weight excluding hydrogens is 178 g/mol. The van der Waals surface area contributed by atoms with Crippen molar-refractivity contribution in [3.8, 4) is 12.3 Å². The second-order valence-corrected chi connectivity index (χ2v) is 2.92. The van der Waals surface area contributed by atoms with E-state index in [1.165, 1.54) is 0 Å². The maximum atomic E-state index is 10.6. The Morgan fingerprint density at radius 3 is 2.64 bits per heavy atom. The van der Waals surface area contributed by atoms with Crippen LogP contribution >= 0.6 is 0 Å². The summed E-state index contributed by atoms with van der Waals surface area (Å²) in [5.74, 6) is 1.73. The molecule has 0 heterocycles. The van der Waals surface area contributed by atoms with Gasteiger partial charge in [-0.05, 0) is 12.8 Å². The van der Waals surface area contributed by atoms with Crippen LogP contribution in [-0.4, -0.2) is 23.7 Å². The Hall–Kier alpha value is -1.27. The van der Waals surface area contributed by atoms with Crippen LogP contribution in [-0.2, 0) is 4.79 Å². The van der Waals surface area contributed by atoms with Gasteiger partial charge < -0.3 is 10.4 Å². The lowest BCUT2D eigenvalue weighted by molar-refractivity contribution is -0.132. The zero-order chi connectivity index (χ0) is 11.0. The Balaban J connectivity index is 4.02. The maximum Gasteiger partial charge on any atom is 0.331 e. The van der Waals surface area contributed by atoms with Crippen molar-refractivity contribution in [3.63, 3.8) is 0 Å². The fourth-order valence-electron chi connectivity index (χ4n) is 1.03. The van der Waals surface area contributed by atoms with E-state index in [-0.39, 0.29) is 6.04 Å². The maximum absolute atomic E-state index is 10.6. The highest BCUT2D eigenvalue weighted by Crippen LogP contribution is 1.99. The van der Waals surface area contributed by atoms with Crippen LogP contribution in [0.3, 0.4) is 0 Å². The number of rotatable bonds is 6. The van der Waals surface area contributed by atoms with Gasteiger partial charge in [0.05, 0.1) is 6.04 Å². The van der Waals surface area contributed by atoms with Gasteiger partial charge in [-0.2, -0.15) is 0 Å². The molecule has 0 aliphatic carbocycles. The molecule has 3 heteroatoms. The molecule has 0 aliphatic heterocycles. The molecule has 0 aromatic heterocycles. The average Bonchev–Trinajstić information content (AvgIpc) is 2.18. The Bertz CT molecular complexity index is 251. The van der Waals surface area contributed by atoms with Gasteiger partial charge in [0, 0.05) is 12.1 Å². The lowest BCUT2D eigenvalue weighted by Gasteiger charge is -2.08. The minimum Gasteiger partial charge on any atom is -0.478 e. The first-order chi connectivity index (χ1) is 6.65. The smallest absolute Gasteiger partial charge is 0.331 e. The normalized spacial score (nSPS) is 13.4. The van der Waals surface area contributed by atoms with E-state index in [1.807, 2.05) is 13.8 Å². The lowest BCUT2D eigenvalue weighted by Crippen LogP contribution is -2.27. The third kappa shape index (κ3) is 4.68. The number of hydrogen-bond donors (Lipinski definition) is 2. The number of nitrogens with one attached hydrogen (secondary N) is 1. The molecule has 0 rings (SSSR count). The molecule has 0 amide bonds. The fraction of sp³-hybridized carbons (Fsp3) is 0.545. The first-order valence-electron chi connectivity index (χ1n) is 4.77. The largest absolute Gasteiger partial charge is 0.478 e. The minimum absolute atomic E-state index is 0.0261. The quantitative estimate of drug-likeness (QED) is 0.497. The predicted octanol–water partition coefficient (Wildman–Crippen LogP) is 1.41. The van der Waals surface area contributed by atoms with Gasteiger partial charge in [-0.3, -0.25) is 0 Å². The standard InChI is InChI=1S/C11H17NO2/c1-4-9(11(13)14)7-8-12-10(5-2)6-3/h2,7,10,12H,4,6,8H2,1,3H3,(H,13,14)/b9-7-. The molecule has 0 saturated carbocycles. The van der Waals surface area contributed by atoms with Crippen LogP contribution in [0, 0.1) is 12.3 Å². The second kappa shape index (κ2) is 7.16. The van der Waals surface area contributed by atoms with Gasteiger partial charge in [-0.1, -0.05) is 25.8 Å². The summed E-state index contributed by atoms with van der Waals surface area (Å²) in [7, 11) is 0. The van der Waals surface area contributed by atoms with Crippen molar-refractivity contribution in [2.75, 3.05) is 6.54 Å². The highest BCUT2D eigenvalue weighted by atomic mass is 16.4. The molecule has 0 radical (unpaired) electrons. The van der Waals surface area contributed by atoms with Crippen LogP contribution in [0.1, 0.15) is 26.7 Å². The highest BCUT2D eigenvalue weighted by molar-refractivity contribution is 5.86. The molecule has 2 N–H and O–H groups in total. The summed E-state index contributed by atoms with van der Waals surface area (Å²) < 4.78 is 0. The molecule has 0 saturated heterocycles. The van der Waals surface area contributed by atoms with E-state index in [4.69, 9.17) is 11.5 Å². The third-order valence-electron chi connectivity index (χ3n) is 1.98. The van der Waals surface area contributed by atoms with Gasteiger partial charge >= 0.3 is 5.97 Å². The number of carboxylic acids is 1. The number of aliphatic carboxylic acids is 1. The lowest BCUT2D eigenvalue weighted by atomic mass is 10.2. The Labute approximate surface area is 85.2 Å². The van der Waals surface area contributed by atoms with Gasteiger partial charge in [0.15, 0.2) is 0 Å². The van der Waals surface area contributed by atoms with Crippen LogP contribution < -0.4 is 5.32 Å². The second-order valence-electron chi connectivity index (χ2n) is 2.92. The van der Waals surface area contributed by atoms with E-state index in [2.05, 4.69) is 11.2 Å². The van der Waals surface area contributed by atoms with Crippen LogP contribution in [0.25, 0.3) is 0 Å². The summed E-state index contributed by atoms with van der Waals surface area (Å²) in [6, 6.07) is 0.0261. The Morgan fingerprint density at radius 2 is 2.29 bits per heavy atom. The molecule has 14 heavy (non-hydrogen) atoms. The Morgan fingerprint density at radius 1 is 1.64 bits per heavy atom. The number of carboxylic acid groups (broad SMARTS) is 1. The molecular formula is C11H17NO2. The van der Waals surface area contributed by atoms with Gasteiger partial charge in [0.2, 0.25) is 0 Å². The average molecular weight is 195 g/mol. The summed E-state index contributed by atoms with van der Waals surface area (Å²) in [6.45, 7) is 4.32. The minimum atomic E-state index is -0.858. The Kier molecular flexibility index (Phi) is 6.51. The summed E-state index contributed by atoms with van der Waals surface area (Å²) in [5.41, 5.74) is 0.421. The molecule has 1 atom stereocenters. The van der Waals surface area contributed by atoms with E-state index in [0.29, 0.717) is 18.5 Å². The molecule has 0 bridgehead atoms. The summed E-state index contributed by atoms with van der Waals surface area (Å²) in [6.07, 6.45) is 8.29. The summed E-state index contributed by atoms with van der Waals surface area (Å²) in [5, 5.41) is 11.8. The predicted molar refractivity (Wildman–Crippen MR) is 56.9 cm³/mol. The fourth-order valence-corrected chi connectivity index (χ4v) is 1.03. The van der Waals surface area contributed by atoms with E-state index < -0.39 is 5.97 Å². The van der Waals surface area contributed by atoms with Gasteiger partial charge in [0.25, 0.3) is 0 Å². The number of hydrogen-bond acceptors (Lipinski definition) is 2. The zero-order valence-electron chi connectivity index (χ0n) is 8.71. The molecule has 0 spiro atoms. The molecule has 0 aromatic rings. The topological polar surface area (TPSA) is 49.3 Å². The van der Waals surface area contributed by atoms with Gasteiger partial charge in [0.1, 0.15) is 0 Å². The van der Waals surface area contributed by atoms with Crippen LogP contribution in [0.4, 0.5) is 0 Å². The summed E-state index contributed by atoms with van der Waals surface area (Å²) in [4.78, 5) is 10.6. The third-order valence-corrected chi connectivity index (χ3v) is 1.98. The number of carbonyl (C=O) groups is 1. The monoisotopic (exact) mass is 195 g/mol. The molecule has 0 fully saturated rings. The van der Waals surface area contributed by atoms with Crippen molar-refractivity contribution in [1.29, 1.82) is 0 Å². The van der Waals surface area contributed by atoms with Crippen LogP contribution in [0.15, 0.2) is 11.6 Å². The SMILES string of the molecule is C#CC(CC)NC/C=C(/CC)C(=O)O. The molecule has 78 valence electrons. The zero-order valence-corrected chi connectivity index (χ0v) is 8.71. The molecule has 0 aliphatic rings. The van der Waals surface area contributed by atoms with Crippen molar-refractivity contribution < 1.29 is 9.90 Å². The van der Waals surface area contributed by atoms with E-state index in [1.54, 1.807) is 6.08 Å². The van der Waals surface area contributed by atoms with Crippen molar-refractivity contribution >= 4 is 5.97 Å². The number of terminal acetylenes is 1. The van der Waals surface area contributed by atoms with Crippen LogP contribution in [0.5, 0.6) is 0 Å². The van der Waals surface area contributed by atoms with Crippen molar-refractivity contribution in [2.24, 2.45) is 0 Å². The van der Waals surface area contributed by atoms with Crippen molar-refractivity contribution in [3.05, 3.63) is 11.6 Å². The van der Waals surface area contributed by atoms with Gasteiger partial charge in [-0.25, -0.2) is 4.79 Å². The van der Waals surface area contributed by atoms with Crippen LogP contribution in [0.2, 0.25) is 0 Å². The van der Waals surface area contributed by atoms with E-state index >= 15 is 0 Å². The first-order valence-corrected chi connectivity index (χ1v) is 4.77. The summed E-state index contributed by atoms with van der Waals surface area (Å²) >= 11 is 0. The van der Waals surface area contributed by atoms with Gasteiger partial charge in [-0.15, -0.1) is 6.42 Å². The van der Waals surface area contributed by atoms with E-state index in [9.17, 15) is 4.79 Å². The first kappa shape index (κ1) is 12.7. The highest BCUT2D eigenvalue weighted by Gasteiger charge is 2.03. The van der Waals surface area contributed by atoms with E-state index in [0.717, 1.165) is 6.42 Å².